The zero-order valence-electron chi connectivity index (χ0n) is 26.7. The van der Waals surface area contributed by atoms with Gasteiger partial charge in [0.05, 0.1) is 0 Å². The van der Waals surface area contributed by atoms with Crippen LogP contribution in [-0.2, 0) is 36.2 Å². The SMILES string of the molecule is [Li+].[c-]1c2cccc1-c1ccc(cc1)CSCc1ccc(cc1)OCc1ccccc1COc1ccc(cc1)CSCc1ccc-2cc1. The van der Waals surface area contributed by atoms with Crippen LogP contribution in [0.1, 0.15) is 33.4 Å². The van der Waals surface area contributed by atoms with Gasteiger partial charge in [0.1, 0.15) is 24.7 Å². The summed E-state index contributed by atoms with van der Waals surface area (Å²) in [6.45, 7) is 1.01. The molecule has 10 bridgehead atoms. The summed E-state index contributed by atoms with van der Waals surface area (Å²) in [4.78, 5) is 0. The van der Waals surface area contributed by atoms with E-state index in [0.29, 0.717) is 13.2 Å². The minimum absolute atomic E-state index is 0. The van der Waals surface area contributed by atoms with Gasteiger partial charge in [-0.3, -0.25) is 0 Å². The van der Waals surface area contributed by atoms with Gasteiger partial charge in [0.2, 0.25) is 0 Å². The number of thioether (sulfide) groups is 2. The number of hydrogen-bond acceptors (Lipinski definition) is 4. The van der Waals surface area contributed by atoms with E-state index in [2.05, 4.69) is 146 Å². The van der Waals surface area contributed by atoms with Crippen molar-refractivity contribution in [2.45, 2.75) is 36.2 Å². The number of rotatable bonds is 0. The van der Waals surface area contributed by atoms with E-state index in [1.54, 1.807) is 0 Å². The van der Waals surface area contributed by atoms with E-state index in [9.17, 15) is 0 Å². The Morgan fingerprint density at radius 2 is 0.766 bits per heavy atom. The van der Waals surface area contributed by atoms with Crippen molar-refractivity contribution in [1.82, 2.24) is 0 Å². The smallest absolute Gasteiger partial charge is 0.489 e. The first-order valence-electron chi connectivity index (χ1n) is 15.6. The molecule has 47 heavy (non-hydrogen) atoms. The molecule has 0 saturated heterocycles. The van der Waals surface area contributed by atoms with Crippen molar-refractivity contribution in [2.75, 3.05) is 0 Å². The van der Waals surface area contributed by atoms with E-state index in [4.69, 9.17) is 9.47 Å². The molecule has 0 spiro atoms. The van der Waals surface area contributed by atoms with E-state index >= 15 is 0 Å². The van der Waals surface area contributed by atoms with Gasteiger partial charge in [0.25, 0.3) is 0 Å². The Morgan fingerprint density at radius 1 is 0.404 bits per heavy atom. The van der Waals surface area contributed by atoms with Gasteiger partial charge in [0, 0.05) is 23.0 Å². The van der Waals surface area contributed by atoms with Gasteiger partial charge in [-0.25, -0.2) is 0 Å². The Hall–Kier alpha value is -3.78. The standard InChI is InChI=1S/C42H35O2S2.Li/c1-2-5-40-26-44-42-22-14-34(15-23-42)30-46-28-32-10-18-36(19-11-32)38-7-3-6-37(24-38)35-16-8-31(9-17-35)27-45-29-33-12-20-41(21-13-33)43-25-39(40)4-1;/h1-23H,25-30H2;/q-1;+1. The summed E-state index contributed by atoms with van der Waals surface area (Å²) in [6.07, 6.45) is 0. The van der Waals surface area contributed by atoms with Gasteiger partial charge in [-0.05, 0) is 57.6 Å². The zero-order valence-corrected chi connectivity index (χ0v) is 28.3. The number of benzene rings is 6. The molecule has 0 aromatic heterocycles. The van der Waals surface area contributed by atoms with E-state index < -0.39 is 0 Å². The maximum atomic E-state index is 6.18. The second-order valence-corrected chi connectivity index (χ2v) is 13.5. The van der Waals surface area contributed by atoms with Crippen molar-refractivity contribution in [3.63, 3.8) is 0 Å². The summed E-state index contributed by atoms with van der Waals surface area (Å²) in [7, 11) is 0. The van der Waals surface area contributed by atoms with E-state index in [1.165, 1.54) is 33.4 Å². The Bertz CT molecular complexity index is 1730. The Kier molecular flexibility index (Phi) is 11.5. The molecule has 0 aliphatic carbocycles. The fourth-order valence-electron chi connectivity index (χ4n) is 5.47. The van der Waals surface area contributed by atoms with E-state index in [1.807, 2.05) is 23.5 Å². The second kappa shape index (κ2) is 16.4. The second-order valence-electron chi connectivity index (χ2n) is 11.5. The molecule has 2 nitrogen and oxygen atoms in total. The van der Waals surface area contributed by atoms with Crippen LogP contribution < -0.4 is 28.3 Å². The summed E-state index contributed by atoms with van der Waals surface area (Å²) in [6, 6.07) is 53.2. The largest absolute Gasteiger partial charge is 1.00 e. The van der Waals surface area contributed by atoms with Gasteiger partial charge in [-0.2, -0.15) is 23.5 Å². The first-order valence-corrected chi connectivity index (χ1v) is 17.9. The summed E-state index contributed by atoms with van der Waals surface area (Å²) >= 11 is 3.85. The molecule has 7 heterocycles. The topological polar surface area (TPSA) is 18.5 Å². The summed E-state index contributed by atoms with van der Waals surface area (Å²) in [5.74, 6) is 5.60. The van der Waals surface area contributed by atoms with E-state index in [-0.39, 0.29) is 18.9 Å². The molecule has 6 aromatic rings. The monoisotopic (exact) mass is 642 g/mol. The molecule has 0 atom stereocenters. The van der Waals surface area contributed by atoms with Gasteiger partial charge in [-0.15, -0.1) is 35.4 Å². The first-order chi connectivity index (χ1) is 22.7. The molecule has 6 aromatic carbocycles. The van der Waals surface area contributed by atoms with Crippen LogP contribution in [0.5, 0.6) is 11.5 Å². The third-order valence-corrected chi connectivity index (χ3v) is 10.3. The van der Waals surface area contributed by atoms with Crippen LogP contribution >= 0.6 is 23.5 Å². The van der Waals surface area contributed by atoms with Gasteiger partial charge in [0.15, 0.2) is 0 Å². The predicted molar refractivity (Wildman–Crippen MR) is 194 cm³/mol. The maximum Gasteiger partial charge on any atom is 1.00 e. The van der Waals surface area contributed by atoms with E-state index in [0.717, 1.165) is 56.8 Å². The fraction of sp³-hybridized carbons (Fsp3) is 0.143. The zero-order chi connectivity index (χ0) is 31.0. The van der Waals surface area contributed by atoms with Crippen LogP contribution in [0.2, 0.25) is 0 Å². The molecule has 228 valence electrons. The molecule has 7 aliphatic rings. The van der Waals surface area contributed by atoms with Crippen molar-refractivity contribution < 1.29 is 28.3 Å². The Labute approximate surface area is 299 Å². The van der Waals surface area contributed by atoms with Crippen LogP contribution in [0.15, 0.2) is 140 Å². The van der Waals surface area contributed by atoms with Crippen LogP contribution in [0.3, 0.4) is 0 Å². The molecule has 0 N–H and O–H groups in total. The molecule has 0 fully saturated rings. The Morgan fingerprint density at radius 3 is 1.15 bits per heavy atom. The molecule has 5 heteroatoms. The van der Waals surface area contributed by atoms with Gasteiger partial charge < -0.3 is 9.47 Å². The molecular formula is C42H35LiO2S2. The van der Waals surface area contributed by atoms with Crippen molar-refractivity contribution in [1.29, 1.82) is 0 Å². The van der Waals surface area contributed by atoms with Gasteiger partial charge >= 0.3 is 18.9 Å². The van der Waals surface area contributed by atoms with Crippen molar-refractivity contribution >= 4 is 23.5 Å². The summed E-state index contributed by atoms with van der Waals surface area (Å²) < 4.78 is 12.4. The van der Waals surface area contributed by atoms with Gasteiger partial charge in [-0.1, -0.05) is 108 Å². The molecule has 0 saturated carbocycles. The number of ether oxygens (including phenoxy) is 2. The molecule has 7 aliphatic heterocycles. The van der Waals surface area contributed by atoms with Crippen LogP contribution in [0, 0.1) is 6.07 Å². The number of hydrogen-bond donors (Lipinski definition) is 0. The molecule has 0 radical (unpaired) electrons. The van der Waals surface area contributed by atoms with Crippen LogP contribution in [0.25, 0.3) is 22.3 Å². The fourth-order valence-corrected chi connectivity index (χ4v) is 7.38. The predicted octanol–water partition coefficient (Wildman–Crippen LogP) is 8.16. The Balaban J connectivity index is 0.00000386. The third kappa shape index (κ3) is 8.98. The average molecular weight is 643 g/mol. The molecule has 0 unspecified atom stereocenters. The molecule has 0 amide bonds. The third-order valence-electron chi connectivity index (χ3n) is 8.15. The minimum atomic E-state index is 0. The van der Waals surface area contributed by atoms with Crippen molar-refractivity contribution in [3.05, 3.63) is 179 Å². The average Bonchev–Trinajstić information content (AvgIpc) is 3.12. The maximum absolute atomic E-state index is 6.18. The van der Waals surface area contributed by atoms with Crippen molar-refractivity contribution in [3.8, 4) is 33.8 Å². The molecule has 13 rings (SSSR count). The quantitative estimate of drug-likeness (QED) is 0.123. The van der Waals surface area contributed by atoms with Crippen LogP contribution in [-0.4, -0.2) is 0 Å². The summed E-state index contributed by atoms with van der Waals surface area (Å²) in [5, 5.41) is 0. The molecular weight excluding hydrogens is 608 g/mol. The van der Waals surface area contributed by atoms with Crippen LogP contribution in [0.4, 0.5) is 0 Å². The minimum Gasteiger partial charge on any atom is -0.489 e. The normalized spacial score (nSPS) is 13.4. The first kappa shape index (κ1) is 33.1. The summed E-state index contributed by atoms with van der Waals surface area (Å²) in [5.41, 5.74) is 12.1. The van der Waals surface area contributed by atoms with Crippen molar-refractivity contribution in [2.24, 2.45) is 0 Å².